The number of benzene rings is 1. The number of anilines is 1. The lowest BCUT2D eigenvalue weighted by atomic mass is 10.0. The summed E-state index contributed by atoms with van der Waals surface area (Å²) in [6, 6.07) is 4.26. The summed E-state index contributed by atoms with van der Waals surface area (Å²) in [5.74, 6) is -1.55. The number of fused-ring (bicyclic) bond motifs is 1. The summed E-state index contributed by atoms with van der Waals surface area (Å²) in [6.45, 7) is 4.53. The summed E-state index contributed by atoms with van der Waals surface area (Å²) in [5, 5.41) is 0. The molecule has 2 aliphatic heterocycles. The number of rotatable bonds is 5. The summed E-state index contributed by atoms with van der Waals surface area (Å²) in [4.78, 5) is 41.0. The molecule has 0 aromatic heterocycles. The van der Waals surface area contributed by atoms with Crippen molar-refractivity contribution in [3.63, 3.8) is 0 Å². The van der Waals surface area contributed by atoms with Gasteiger partial charge in [-0.05, 0) is 42.5 Å². The van der Waals surface area contributed by atoms with Gasteiger partial charge < -0.3 is 4.90 Å². The largest absolute Gasteiger partial charge is 0.353 e. The lowest BCUT2D eigenvalue weighted by Crippen LogP contribution is -2.44. The molecule has 8 nitrogen and oxygen atoms in total. The van der Waals surface area contributed by atoms with Gasteiger partial charge in [0.15, 0.2) is 9.84 Å². The van der Waals surface area contributed by atoms with Crippen LogP contribution in [0.2, 0.25) is 0 Å². The molecule has 146 valence electrons. The van der Waals surface area contributed by atoms with E-state index in [-0.39, 0.29) is 24.0 Å². The van der Waals surface area contributed by atoms with Gasteiger partial charge >= 0.3 is 17.8 Å². The summed E-state index contributed by atoms with van der Waals surface area (Å²) in [7, 11) is -3.31. The Morgan fingerprint density at radius 3 is 2.37 bits per heavy atom. The third-order valence-corrected chi connectivity index (χ3v) is 5.80. The minimum absolute atomic E-state index is 0.0246. The number of nitrogens with zero attached hydrogens (tertiary/aromatic N) is 3. The van der Waals surface area contributed by atoms with Gasteiger partial charge in [0.1, 0.15) is 6.67 Å². The standard InChI is InChI=1S/C18H23N3O5S/c1-12(2)10-20-16(22)17(23)21(18(20)24)11-19-8-4-5-13-9-14(27(3,25)26)6-7-15(13)19/h6-7,9,12H,4-5,8,10-11H2,1-3H3. The highest BCUT2D eigenvalue weighted by molar-refractivity contribution is 7.90. The van der Waals surface area contributed by atoms with Crippen LogP contribution in [-0.4, -0.2) is 62.1 Å². The molecule has 0 bridgehead atoms. The van der Waals surface area contributed by atoms with Crippen LogP contribution < -0.4 is 4.90 Å². The second-order valence-electron chi connectivity index (χ2n) is 7.40. The van der Waals surface area contributed by atoms with Crippen LogP contribution in [0.4, 0.5) is 10.5 Å². The summed E-state index contributed by atoms with van der Waals surface area (Å²) >= 11 is 0. The van der Waals surface area contributed by atoms with Crippen LogP contribution in [0.1, 0.15) is 25.8 Å². The SMILES string of the molecule is CC(C)CN1C(=O)C(=O)N(CN2CCCc3cc(S(C)(=O)=O)ccc32)C1=O. The van der Waals surface area contributed by atoms with Crippen molar-refractivity contribution < 1.29 is 22.8 Å². The van der Waals surface area contributed by atoms with E-state index in [4.69, 9.17) is 0 Å². The molecule has 2 heterocycles. The summed E-state index contributed by atoms with van der Waals surface area (Å²) in [5.41, 5.74) is 1.64. The fraction of sp³-hybridized carbons (Fsp3) is 0.500. The molecule has 1 fully saturated rings. The van der Waals surface area contributed by atoms with Gasteiger partial charge in [-0.3, -0.25) is 14.5 Å². The van der Waals surface area contributed by atoms with Crippen molar-refractivity contribution in [1.82, 2.24) is 9.80 Å². The first-order valence-electron chi connectivity index (χ1n) is 8.85. The number of hydrogen-bond acceptors (Lipinski definition) is 6. The molecule has 27 heavy (non-hydrogen) atoms. The number of amides is 4. The normalized spacial score (nSPS) is 17.9. The Balaban J connectivity index is 1.85. The molecule has 9 heteroatoms. The maximum Gasteiger partial charge on any atom is 0.335 e. The number of sulfone groups is 1. The summed E-state index contributed by atoms with van der Waals surface area (Å²) < 4.78 is 23.5. The maximum absolute atomic E-state index is 12.5. The molecule has 0 unspecified atom stereocenters. The molecule has 1 aromatic carbocycles. The van der Waals surface area contributed by atoms with Crippen LogP contribution in [0.15, 0.2) is 23.1 Å². The van der Waals surface area contributed by atoms with Crippen molar-refractivity contribution in [2.75, 3.05) is 30.9 Å². The van der Waals surface area contributed by atoms with Crippen LogP contribution in [-0.2, 0) is 25.8 Å². The van der Waals surface area contributed by atoms with Gasteiger partial charge in [0.05, 0.1) is 4.90 Å². The summed E-state index contributed by atoms with van der Waals surface area (Å²) in [6.07, 6.45) is 2.64. The van der Waals surface area contributed by atoms with E-state index in [1.165, 1.54) is 6.07 Å². The third-order valence-electron chi connectivity index (χ3n) is 4.69. The number of aryl methyl sites for hydroxylation is 1. The van der Waals surface area contributed by atoms with E-state index in [0.717, 1.165) is 40.1 Å². The minimum atomic E-state index is -3.31. The van der Waals surface area contributed by atoms with E-state index in [1.54, 1.807) is 12.1 Å². The topological polar surface area (TPSA) is 95.1 Å². The number of urea groups is 1. The maximum atomic E-state index is 12.5. The van der Waals surface area contributed by atoms with Crippen molar-refractivity contribution in [2.45, 2.75) is 31.6 Å². The van der Waals surface area contributed by atoms with Gasteiger partial charge in [-0.25, -0.2) is 18.1 Å². The Kier molecular flexibility index (Phi) is 4.98. The Morgan fingerprint density at radius 1 is 1.07 bits per heavy atom. The Hall–Kier alpha value is -2.42. The molecule has 0 saturated carbocycles. The first kappa shape index (κ1) is 19.3. The van der Waals surface area contributed by atoms with Gasteiger partial charge in [0.25, 0.3) is 0 Å². The van der Waals surface area contributed by atoms with Crippen LogP contribution in [0.25, 0.3) is 0 Å². The first-order chi connectivity index (χ1) is 12.6. The zero-order chi connectivity index (χ0) is 19.9. The van der Waals surface area contributed by atoms with Crippen molar-refractivity contribution in [3.8, 4) is 0 Å². The van der Waals surface area contributed by atoms with Crippen molar-refractivity contribution in [1.29, 1.82) is 0 Å². The molecule has 0 atom stereocenters. The first-order valence-corrected chi connectivity index (χ1v) is 10.7. The molecule has 0 radical (unpaired) electrons. The zero-order valence-corrected chi connectivity index (χ0v) is 16.5. The van der Waals surface area contributed by atoms with Gasteiger partial charge in [0.2, 0.25) is 0 Å². The van der Waals surface area contributed by atoms with E-state index in [2.05, 4.69) is 0 Å². The highest BCUT2D eigenvalue weighted by atomic mass is 32.2. The third kappa shape index (κ3) is 3.69. The molecule has 4 amide bonds. The van der Waals surface area contributed by atoms with E-state index in [1.807, 2.05) is 18.7 Å². The quantitative estimate of drug-likeness (QED) is 0.552. The zero-order valence-electron chi connectivity index (χ0n) is 15.6. The van der Waals surface area contributed by atoms with Crippen molar-refractivity contribution >= 4 is 33.4 Å². The second kappa shape index (κ2) is 6.95. The lowest BCUT2D eigenvalue weighted by molar-refractivity contribution is -0.143. The van der Waals surface area contributed by atoms with Gasteiger partial charge in [0, 0.05) is 25.0 Å². The molecule has 0 aliphatic carbocycles. The fourth-order valence-electron chi connectivity index (χ4n) is 3.40. The monoisotopic (exact) mass is 393 g/mol. The van der Waals surface area contributed by atoms with Crippen LogP contribution in [0.5, 0.6) is 0 Å². The number of carbonyl (C=O) groups excluding carboxylic acids is 3. The van der Waals surface area contributed by atoms with E-state index in [9.17, 15) is 22.8 Å². The second-order valence-corrected chi connectivity index (χ2v) is 9.41. The highest BCUT2D eigenvalue weighted by Gasteiger charge is 2.45. The molecule has 0 spiro atoms. The van der Waals surface area contributed by atoms with E-state index < -0.39 is 27.7 Å². The van der Waals surface area contributed by atoms with Crippen LogP contribution in [0.3, 0.4) is 0 Å². The number of carbonyl (C=O) groups is 3. The Morgan fingerprint density at radius 2 is 1.74 bits per heavy atom. The lowest BCUT2D eigenvalue weighted by Gasteiger charge is -2.33. The molecule has 2 aliphatic rings. The predicted molar refractivity (Wildman–Crippen MR) is 98.9 cm³/mol. The number of hydrogen-bond donors (Lipinski definition) is 0. The molecular formula is C18H23N3O5S. The average molecular weight is 393 g/mol. The van der Waals surface area contributed by atoms with Crippen molar-refractivity contribution in [3.05, 3.63) is 23.8 Å². The van der Waals surface area contributed by atoms with Crippen LogP contribution in [0, 0.1) is 5.92 Å². The Bertz CT molecular complexity index is 910. The van der Waals surface area contributed by atoms with Gasteiger partial charge in [-0.15, -0.1) is 0 Å². The van der Waals surface area contributed by atoms with E-state index in [0.29, 0.717) is 6.54 Å². The number of imide groups is 2. The molecular weight excluding hydrogens is 370 g/mol. The molecule has 1 saturated heterocycles. The van der Waals surface area contributed by atoms with E-state index >= 15 is 0 Å². The molecule has 0 N–H and O–H groups in total. The van der Waals surface area contributed by atoms with Crippen molar-refractivity contribution in [2.24, 2.45) is 5.92 Å². The predicted octanol–water partition coefficient (Wildman–Crippen LogP) is 1.25. The highest BCUT2D eigenvalue weighted by Crippen LogP contribution is 2.30. The Labute approximate surface area is 158 Å². The smallest absolute Gasteiger partial charge is 0.335 e. The fourth-order valence-corrected chi connectivity index (χ4v) is 4.07. The van der Waals surface area contributed by atoms with Gasteiger partial charge in [-0.1, -0.05) is 13.8 Å². The van der Waals surface area contributed by atoms with Gasteiger partial charge in [-0.2, -0.15) is 0 Å². The molecule has 3 rings (SSSR count). The van der Waals surface area contributed by atoms with Crippen LogP contribution >= 0.6 is 0 Å². The minimum Gasteiger partial charge on any atom is -0.353 e. The molecule has 1 aromatic rings. The average Bonchev–Trinajstić information content (AvgIpc) is 2.78.